The van der Waals surface area contributed by atoms with Gasteiger partial charge in [0.05, 0.1) is 11.1 Å². The monoisotopic (exact) mass is 479 g/mol. The summed E-state index contributed by atoms with van der Waals surface area (Å²) >= 11 is 0. The maximum atomic E-state index is 11.6. The Morgan fingerprint density at radius 3 is 2.29 bits per heavy atom. The van der Waals surface area contributed by atoms with Crippen LogP contribution in [0.1, 0.15) is 26.3 Å². The summed E-state index contributed by atoms with van der Waals surface area (Å²) in [6.45, 7) is 1.52. The number of primary amides is 2. The molecule has 0 aliphatic heterocycles. The second kappa shape index (κ2) is 12.4. The number of aliphatic hydroxyl groups excluding tert-OH is 1. The first-order valence-electron chi connectivity index (χ1n) is 11.0. The van der Waals surface area contributed by atoms with Crippen molar-refractivity contribution in [3.05, 3.63) is 89.5 Å². The summed E-state index contributed by atoms with van der Waals surface area (Å²) in [5, 5.41) is 20.4. The Balaban J connectivity index is 1.61. The molecule has 0 aromatic heterocycles. The van der Waals surface area contributed by atoms with E-state index in [-0.39, 0.29) is 36.6 Å². The highest BCUT2D eigenvalue weighted by atomic mass is 16.5. The normalized spacial score (nSPS) is 11.7. The molecule has 1 atom stereocenters. The first-order valence-corrected chi connectivity index (χ1v) is 11.0. The van der Waals surface area contributed by atoms with Crippen molar-refractivity contribution >= 4 is 11.8 Å². The van der Waals surface area contributed by atoms with Gasteiger partial charge < -0.3 is 31.2 Å². The average molecular weight is 480 g/mol. The third-order valence-corrected chi connectivity index (χ3v) is 5.21. The van der Waals surface area contributed by atoms with Gasteiger partial charge in [-0.1, -0.05) is 42.5 Å². The zero-order valence-electron chi connectivity index (χ0n) is 19.2. The minimum absolute atomic E-state index is 0.0209. The lowest BCUT2D eigenvalue weighted by molar-refractivity contribution is 0.0599. The van der Waals surface area contributed by atoms with Crippen LogP contribution in [0.2, 0.25) is 0 Å². The molecule has 0 aliphatic rings. The number of carbonyl (C=O) groups excluding carboxylic acids is 2. The predicted molar refractivity (Wildman–Crippen MR) is 130 cm³/mol. The SMILES string of the molecule is NC(=O)c1cc(OCCN(Cc2ccccc2)CC(O)COc2ccccc2C(N)=O)ccc1O. The smallest absolute Gasteiger partial charge is 0.252 e. The Bertz CT molecular complexity index is 1140. The largest absolute Gasteiger partial charge is 0.507 e. The molecule has 9 heteroatoms. The first-order chi connectivity index (χ1) is 16.8. The summed E-state index contributed by atoms with van der Waals surface area (Å²) in [4.78, 5) is 25.0. The molecule has 9 nitrogen and oxygen atoms in total. The van der Waals surface area contributed by atoms with E-state index in [4.69, 9.17) is 20.9 Å². The molecule has 0 radical (unpaired) electrons. The fourth-order valence-electron chi connectivity index (χ4n) is 3.50. The Morgan fingerprint density at radius 1 is 0.886 bits per heavy atom. The zero-order chi connectivity index (χ0) is 25.2. The Kier molecular flexibility index (Phi) is 9.05. The number of amides is 2. The molecule has 0 saturated heterocycles. The third kappa shape index (κ3) is 7.73. The summed E-state index contributed by atoms with van der Waals surface area (Å²) in [5.41, 5.74) is 11.9. The summed E-state index contributed by atoms with van der Waals surface area (Å²) < 4.78 is 11.4. The van der Waals surface area contributed by atoms with Crippen molar-refractivity contribution in [2.24, 2.45) is 11.5 Å². The third-order valence-electron chi connectivity index (χ3n) is 5.21. The molecule has 0 heterocycles. The number of rotatable bonds is 13. The molecule has 3 aromatic rings. The minimum Gasteiger partial charge on any atom is -0.507 e. The molecule has 3 aromatic carbocycles. The second-order valence-corrected chi connectivity index (χ2v) is 7.94. The van der Waals surface area contributed by atoms with Crippen molar-refractivity contribution < 1.29 is 29.3 Å². The summed E-state index contributed by atoms with van der Waals surface area (Å²) in [7, 11) is 0. The Labute approximate surface area is 203 Å². The number of carbonyl (C=O) groups is 2. The number of benzene rings is 3. The van der Waals surface area contributed by atoms with Crippen molar-refractivity contribution in [3.8, 4) is 17.2 Å². The number of phenols is 1. The van der Waals surface area contributed by atoms with Crippen molar-refractivity contribution in [1.29, 1.82) is 0 Å². The summed E-state index contributed by atoms with van der Waals surface area (Å²) in [6.07, 6.45) is -0.852. The highest BCUT2D eigenvalue weighted by Crippen LogP contribution is 2.22. The van der Waals surface area contributed by atoms with Crippen molar-refractivity contribution in [1.82, 2.24) is 4.90 Å². The maximum Gasteiger partial charge on any atom is 0.252 e. The molecule has 0 bridgehead atoms. The topological polar surface area (TPSA) is 148 Å². The fourth-order valence-corrected chi connectivity index (χ4v) is 3.50. The van der Waals surface area contributed by atoms with E-state index >= 15 is 0 Å². The number of nitrogens with two attached hydrogens (primary N) is 2. The molecule has 0 fully saturated rings. The van der Waals surface area contributed by atoms with Gasteiger partial charge >= 0.3 is 0 Å². The van der Waals surface area contributed by atoms with E-state index in [1.165, 1.54) is 12.1 Å². The first kappa shape index (κ1) is 25.5. The van der Waals surface area contributed by atoms with E-state index in [2.05, 4.69) is 0 Å². The van der Waals surface area contributed by atoms with E-state index in [0.717, 1.165) is 5.56 Å². The number of aromatic hydroxyl groups is 1. The van der Waals surface area contributed by atoms with Crippen molar-refractivity contribution in [2.45, 2.75) is 12.6 Å². The molecule has 184 valence electrons. The van der Waals surface area contributed by atoms with Crippen LogP contribution in [-0.2, 0) is 6.54 Å². The van der Waals surface area contributed by atoms with Gasteiger partial charge in [-0.2, -0.15) is 0 Å². The number of hydrogen-bond acceptors (Lipinski definition) is 7. The quantitative estimate of drug-likeness (QED) is 0.293. The highest BCUT2D eigenvalue weighted by molar-refractivity contribution is 5.96. The molecule has 3 rings (SSSR count). The number of para-hydroxylation sites is 1. The van der Waals surface area contributed by atoms with Crippen LogP contribution in [0.5, 0.6) is 17.2 Å². The van der Waals surface area contributed by atoms with Gasteiger partial charge in [0.1, 0.15) is 36.6 Å². The zero-order valence-corrected chi connectivity index (χ0v) is 19.2. The lowest BCUT2D eigenvalue weighted by atomic mass is 10.2. The van der Waals surface area contributed by atoms with Gasteiger partial charge in [-0.15, -0.1) is 0 Å². The summed E-state index contributed by atoms with van der Waals surface area (Å²) in [6, 6.07) is 20.7. The molecule has 1 unspecified atom stereocenters. The van der Waals surface area contributed by atoms with Gasteiger partial charge in [0.15, 0.2) is 0 Å². The lowest BCUT2D eigenvalue weighted by Crippen LogP contribution is -2.37. The second-order valence-electron chi connectivity index (χ2n) is 7.94. The van der Waals surface area contributed by atoms with Crippen LogP contribution in [0.15, 0.2) is 72.8 Å². The van der Waals surface area contributed by atoms with Crippen molar-refractivity contribution in [3.63, 3.8) is 0 Å². The number of nitrogens with zero attached hydrogens (tertiary/aromatic N) is 1. The van der Waals surface area contributed by atoms with Crippen LogP contribution in [0.4, 0.5) is 0 Å². The standard InChI is InChI=1S/C26H29N3O6/c27-25(32)21-8-4-5-9-24(21)35-17-19(30)16-29(15-18-6-2-1-3-7-18)12-13-34-20-10-11-23(31)22(14-20)26(28)33/h1-11,14,19,30-31H,12-13,15-17H2,(H2,27,32)(H2,28,33). The average Bonchev–Trinajstić information content (AvgIpc) is 2.84. The highest BCUT2D eigenvalue weighted by Gasteiger charge is 2.16. The van der Waals surface area contributed by atoms with Gasteiger partial charge in [0, 0.05) is 19.6 Å². The van der Waals surface area contributed by atoms with Gasteiger partial charge in [0.25, 0.3) is 11.8 Å². The number of hydrogen-bond donors (Lipinski definition) is 4. The van der Waals surface area contributed by atoms with Crippen LogP contribution in [0, 0.1) is 0 Å². The van der Waals surface area contributed by atoms with Crippen LogP contribution >= 0.6 is 0 Å². The minimum atomic E-state index is -0.852. The maximum absolute atomic E-state index is 11.6. The molecular formula is C26H29N3O6. The molecule has 0 aliphatic carbocycles. The van der Waals surface area contributed by atoms with Gasteiger partial charge in [-0.3, -0.25) is 14.5 Å². The van der Waals surface area contributed by atoms with E-state index < -0.39 is 17.9 Å². The Hall–Kier alpha value is -4.08. The van der Waals surface area contributed by atoms with Crippen molar-refractivity contribution in [2.75, 3.05) is 26.3 Å². The van der Waals surface area contributed by atoms with Crippen LogP contribution < -0.4 is 20.9 Å². The molecular weight excluding hydrogens is 450 g/mol. The van der Waals surface area contributed by atoms with E-state index in [9.17, 15) is 19.8 Å². The van der Waals surface area contributed by atoms with Crippen LogP contribution in [0.3, 0.4) is 0 Å². The number of ether oxygens (including phenoxy) is 2. The van der Waals surface area contributed by atoms with Gasteiger partial charge in [-0.05, 0) is 35.9 Å². The van der Waals surface area contributed by atoms with Gasteiger partial charge in [-0.25, -0.2) is 0 Å². The molecule has 2 amide bonds. The molecule has 35 heavy (non-hydrogen) atoms. The van der Waals surface area contributed by atoms with E-state index in [0.29, 0.717) is 24.6 Å². The molecule has 0 spiro atoms. The fraction of sp³-hybridized carbons (Fsp3) is 0.231. The van der Waals surface area contributed by atoms with E-state index in [1.807, 2.05) is 35.2 Å². The number of aliphatic hydroxyl groups is 1. The lowest BCUT2D eigenvalue weighted by Gasteiger charge is -2.25. The van der Waals surface area contributed by atoms with Gasteiger partial charge in [0.2, 0.25) is 0 Å². The van der Waals surface area contributed by atoms with Crippen LogP contribution in [0.25, 0.3) is 0 Å². The predicted octanol–water partition coefficient (Wildman–Crippen LogP) is 1.91. The van der Waals surface area contributed by atoms with E-state index in [1.54, 1.807) is 30.3 Å². The van der Waals surface area contributed by atoms with Crippen LogP contribution in [-0.4, -0.2) is 59.3 Å². The molecule has 6 N–H and O–H groups in total. The molecule has 0 saturated carbocycles. The Morgan fingerprint density at radius 2 is 1.57 bits per heavy atom. The summed E-state index contributed by atoms with van der Waals surface area (Å²) in [5.74, 6) is -0.860.